The molecule has 0 radical (unpaired) electrons. The van der Waals surface area contributed by atoms with Gasteiger partial charge in [-0.25, -0.2) is 9.78 Å². The van der Waals surface area contributed by atoms with Crippen LogP contribution in [0.25, 0.3) is 0 Å². The Morgan fingerprint density at radius 1 is 1.48 bits per heavy atom. The molecule has 6 heteroatoms. The summed E-state index contributed by atoms with van der Waals surface area (Å²) in [6.07, 6.45) is 4.19. The SMILES string of the molecule is CC(C)(C)OC(=O)N1CCC[C@@H](CCOc2ncccc2O)C1. The van der Waals surface area contributed by atoms with Gasteiger partial charge >= 0.3 is 6.09 Å². The van der Waals surface area contributed by atoms with Crippen LogP contribution in [0, 0.1) is 5.92 Å². The smallest absolute Gasteiger partial charge is 0.410 e. The molecular formula is C17H26N2O4. The summed E-state index contributed by atoms with van der Waals surface area (Å²) in [5, 5.41) is 9.61. The maximum Gasteiger partial charge on any atom is 0.410 e. The van der Waals surface area contributed by atoms with Crippen molar-refractivity contribution in [3.8, 4) is 11.6 Å². The van der Waals surface area contributed by atoms with Gasteiger partial charge in [-0.05, 0) is 58.1 Å². The summed E-state index contributed by atoms with van der Waals surface area (Å²) in [4.78, 5) is 17.9. The quantitative estimate of drug-likeness (QED) is 0.921. The van der Waals surface area contributed by atoms with Crippen LogP contribution in [-0.2, 0) is 4.74 Å². The van der Waals surface area contributed by atoms with E-state index in [1.807, 2.05) is 20.8 Å². The van der Waals surface area contributed by atoms with Gasteiger partial charge in [0, 0.05) is 19.3 Å². The second kappa shape index (κ2) is 7.53. The molecule has 1 amide bonds. The van der Waals surface area contributed by atoms with E-state index in [1.165, 1.54) is 0 Å². The van der Waals surface area contributed by atoms with Crippen molar-refractivity contribution >= 4 is 6.09 Å². The summed E-state index contributed by atoms with van der Waals surface area (Å²) in [5.74, 6) is 0.681. The van der Waals surface area contributed by atoms with Crippen molar-refractivity contribution in [2.45, 2.75) is 45.6 Å². The lowest BCUT2D eigenvalue weighted by molar-refractivity contribution is 0.0154. The number of carbonyl (C=O) groups excluding carboxylic acids is 1. The first-order chi connectivity index (χ1) is 10.8. The summed E-state index contributed by atoms with van der Waals surface area (Å²) in [7, 11) is 0. The van der Waals surface area contributed by atoms with E-state index < -0.39 is 5.60 Å². The first-order valence-corrected chi connectivity index (χ1v) is 8.10. The summed E-state index contributed by atoms with van der Waals surface area (Å²) in [6.45, 7) is 7.52. The Balaban J connectivity index is 1.78. The van der Waals surface area contributed by atoms with Gasteiger partial charge in [-0.2, -0.15) is 0 Å². The Morgan fingerprint density at radius 3 is 2.96 bits per heavy atom. The Bertz CT molecular complexity index is 528. The van der Waals surface area contributed by atoms with E-state index in [-0.39, 0.29) is 17.7 Å². The highest BCUT2D eigenvalue weighted by atomic mass is 16.6. The second-order valence-electron chi connectivity index (χ2n) is 6.90. The van der Waals surface area contributed by atoms with Crippen LogP contribution in [0.1, 0.15) is 40.0 Å². The molecule has 1 N–H and O–H groups in total. The Kier molecular flexibility index (Phi) is 5.69. The fourth-order valence-corrected chi connectivity index (χ4v) is 2.61. The second-order valence-corrected chi connectivity index (χ2v) is 6.90. The van der Waals surface area contributed by atoms with E-state index in [9.17, 15) is 9.90 Å². The summed E-state index contributed by atoms with van der Waals surface area (Å²) >= 11 is 0. The van der Waals surface area contributed by atoms with Gasteiger partial charge in [0.2, 0.25) is 0 Å². The van der Waals surface area contributed by atoms with Crippen LogP contribution in [0.15, 0.2) is 18.3 Å². The van der Waals surface area contributed by atoms with Gasteiger partial charge in [-0.15, -0.1) is 0 Å². The number of aromatic nitrogens is 1. The molecule has 0 bridgehead atoms. The number of nitrogens with zero attached hydrogens (tertiary/aromatic N) is 2. The van der Waals surface area contributed by atoms with Crippen molar-refractivity contribution in [2.24, 2.45) is 5.92 Å². The van der Waals surface area contributed by atoms with Crippen molar-refractivity contribution in [2.75, 3.05) is 19.7 Å². The minimum absolute atomic E-state index is 0.0477. The maximum absolute atomic E-state index is 12.1. The van der Waals surface area contributed by atoms with Gasteiger partial charge in [-0.1, -0.05) is 0 Å². The maximum atomic E-state index is 12.1. The highest BCUT2D eigenvalue weighted by Crippen LogP contribution is 2.24. The van der Waals surface area contributed by atoms with Crippen LogP contribution in [0.2, 0.25) is 0 Å². The van der Waals surface area contributed by atoms with Crippen LogP contribution in [-0.4, -0.2) is 46.4 Å². The zero-order valence-corrected chi connectivity index (χ0v) is 14.1. The molecule has 1 fully saturated rings. The molecule has 0 aliphatic carbocycles. The van der Waals surface area contributed by atoms with Gasteiger partial charge in [0.25, 0.3) is 5.88 Å². The summed E-state index contributed by atoms with van der Waals surface area (Å²) in [6, 6.07) is 3.20. The highest BCUT2D eigenvalue weighted by molar-refractivity contribution is 5.68. The third-order valence-electron chi connectivity index (χ3n) is 3.69. The predicted molar refractivity (Wildman–Crippen MR) is 86.5 cm³/mol. The van der Waals surface area contributed by atoms with Crippen molar-refractivity contribution in [1.29, 1.82) is 0 Å². The molecule has 1 aliphatic rings. The summed E-state index contributed by atoms with van der Waals surface area (Å²) < 4.78 is 10.9. The largest absolute Gasteiger partial charge is 0.503 e. The lowest BCUT2D eigenvalue weighted by Crippen LogP contribution is -2.43. The number of pyridine rings is 1. The molecule has 23 heavy (non-hydrogen) atoms. The number of hydrogen-bond acceptors (Lipinski definition) is 5. The summed E-state index contributed by atoms with van der Waals surface area (Å²) in [5.41, 5.74) is -0.469. The molecule has 1 atom stereocenters. The fraction of sp³-hybridized carbons (Fsp3) is 0.647. The Hall–Kier alpha value is -1.98. The van der Waals surface area contributed by atoms with Crippen LogP contribution in [0.3, 0.4) is 0 Å². The van der Waals surface area contributed by atoms with E-state index in [4.69, 9.17) is 9.47 Å². The molecule has 0 saturated carbocycles. The van der Waals surface area contributed by atoms with Crippen LogP contribution >= 0.6 is 0 Å². The zero-order valence-electron chi connectivity index (χ0n) is 14.1. The molecule has 128 valence electrons. The van der Waals surface area contributed by atoms with E-state index in [0.29, 0.717) is 19.1 Å². The number of aromatic hydroxyl groups is 1. The molecule has 0 unspecified atom stereocenters. The standard InChI is InChI=1S/C17H26N2O4/c1-17(2,3)23-16(21)19-10-5-6-13(12-19)8-11-22-15-14(20)7-4-9-18-15/h4,7,9,13,20H,5-6,8,10-12H2,1-3H3/t13-/m0/s1. The predicted octanol–water partition coefficient (Wildman–Crippen LogP) is 3.20. The molecule has 1 aromatic rings. The number of likely N-dealkylation sites (tertiary alicyclic amines) is 1. The molecular weight excluding hydrogens is 296 g/mol. The van der Waals surface area contributed by atoms with Gasteiger partial charge < -0.3 is 19.5 Å². The van der Waals surface area contributed by atoms with Crippen molar-refractivity contribution in [3.05, 3.63) is 18.3 Å². The number of rotatable bonds is 4. The molecule has 0 aromatic carbocycles. The van der Waals surface area contributed by atoms with E-state index in [1.54, 1.807) is 23.2 Å². The minimum Gasteiger partial charge on any atom is -0.503 e. The zero-order chi connectivity index (χ0) is 16.9. The number of ether oxygens (including phenoxy) is 2. The highest BCUT2D eigenvalue weighted by Gasteiger charge is 2.27. The Labute approximate surface area is 137 Å². The molecule has 1 saturated heterocycles. The van der Waals surface area contributed by atoms with Gasteiger partial charge in [0.05, 0.1) is 6.61 Å². The van der Waals surface area contributed by atoms with Gasteiger partial charge in [0.1, 0.15) is 5.60 Å². The van der Waals surface area contributed by atoms with E-state index >= 15 is 0 Å². The molecule has 6 nitrogen and oxygen atoms in total. The third-order valence-corrected chi connectivity index (χ3v) is 3.69. The number of carbonyl (C=O) groups is 1. The first kappa shape index (κ1) is 17.4. The van der Waals surface area contributed by atoms with Crippen molar-refractivity contribution < 1.29 is 19.4 Å². The van der Waals surface area contributed by atoms with Gasteiger partial charge in [-0.3, -0.25) is 0 Å². The van der Waals surface area contributed by atoms with E-state index in [0.717, 1.165) is 25.8 Å². The minimum atomic E-state index is -0.469. The first-order valence-electron chi connectivity index (χ1n) is 8.10. The average Bonchev–Trinajstić information content (AvgIpc) is 2.48. The molecule has 1 aliphatic heterocycles. The molecule has 0 spiro atoms. The monoisotopic (exact) mass is 322 g/mol. The molecule has 1 aromatic heterocycles. The number of hydrogen-bond donors (Lipinski definition) is 1. The number of amides is 1. The van der Waals surface area contributed by atoms with Crippen LogP contribution in [0.4, 0.5) is 4.79 Å². The normalized spacial score (nSPS) is 18.6. The lowest BCUT2D eigenvalue weighted by atomic mass is 9.95. The van der Waals surface area contributed by atoms with E-state index in [2.05, 4.69) is 4.98 Å². The topological polar surface area (TPSA) is 71.9 Å². The average molecular weight is 322 g/mol. The lowest BCUT2D eigenvalue weighted by Gasteiger charge is -2.34. The molecule has 2 rings (SSSR count). The van der Waals surface area contributed by atoms with Gasteiger partial charge in [0.15, 0.2) is 5.75 Å². The van der Waals surface area contributed by atoms with Crippen LogP contribution < -0.4 is 4.74 Å². The van der Waals surface area contributed by atoms with Crippen LogP contribution in [0.5, 0.6) is 11.6 Å². The van der Waals surface area contributed by atoms with Crippen molar-refractivity contribution in [3.63, 3.8) is 0 Å². The number of piperidine rings is 1. The molecule has 2 heterocycles. The Morgan fingerprint density at radius 2 is 2.26 bits per heavy atom. The third kappa shape index (κ3) is 5.62. The fourth-order valence-electron chi connectivity index (χ4n) is 2.61. The van der Waals surface area contributed by atoms with Crippen molar-refractivity contribution in [1.82, 2.24) is 9.88 Å².